The number of rotatable bonds is 7. The lowest BCUT2D eigenvalue weighted by Crippen LogP contribution is -2.47. The number of aryl methyl sites for hydroxylation is 1. The van der Waals surface area contributed by atoms with E-state index in [-0.39, 0.29) is 30.0 Å². The Kier molecular flexibility index (Phi) is 9.21. The summed E-state index contributed by atoms with van der Waals surface area (Å²) in [4.78, 5) is 9.02. The van der Waals surface area contributed by atoms with Gasteiger partial charge >= 0.3 is 0 Å². The van der Waals surface area contributed by atoms with E-state index in [0.29, 0.717) is 43.5 Å². The van der Waals surface area contributed by atoms with Crippen molar-refractivity contribution in [3.63, 3.8) is 0 Å². The molecule has 29 heavy (non-hydrogen) atoms. The molecule has 0 saturated heterocycles. The van der Waals surface area contributed by atoms with Gasteiger partial charge in [-0.1, -0.05) is 0 Å². The molecule has 160 valence electrons. The van der Waals surface area contributed by atoms with Crippen LogP contribution in [-0.4, -0.2) is 47.0 Å². The molecule has 2 aromatic rings. The number of guanidine groups is 1. The standard InChI is InChI=1S/C19H26F2N6O.HI/c1-3-22-19(23-7-6-13-8-14(20)10-15(21)9-13)24-16-4-5-18-25-17(12-28-2)26-27(18)11-16;/h8-10,16H,3-7,11-12H2,1-2H3,(H2,22,23,24);1H. The molecule has 1 aromatic carbocycles. The molecule has 3 rings (SSSR count). The van der Waals surface area contributed by atoms with Crippen molar-refractivity contribution >= 4 is 29.9 Å². The van der Waals surface area contributed by atoms with Gasteiger partial charge < -0.3 is 15.4 Å². The molecule has 1 aliphatic heterocycles. The predicted molar refractivity (Wildman–Crippen MR) is 117 cm³/mol. The number of hydrogen-bond donors (Lipinski definition) is 2. The van der Waals surface area contributed by atoms with Gasteiger partial charge in [-0.3, -0.25) is 4.99 Å². The first-order chi connectivity index (χ1) is 13.6. The van der Waals surface area contributed by atoms with Crippen molar-refractivity contribution in [3.05, 3.63) is 47.0 Å². The third kappa shape index (κ3) is 6.88. The number of aliphatic imine (C=N–C) groups is 1. The van der Waals surface area contributed by atoms with E-state index in [9.17, 15) is 8.78 Å². The lowest BCUT2D eigenvalue weighted by Gasteiger charge is -2.25. The Balaban J connectivity index is 0.00000300. The summed E-state index contributed by atoms with van der Waals surface area (Å²) in [6.45, 7) is 4.25. The lowest BCUT2D eigenvalue weighted by molar-refractivity contribution is 0.177. The van der Waals surface area contributed by atoms with Crippen LogP contribution in [0, 0.1) is 11.6 Å². The maximum absolute atomic E-state index is 13.3. The zero-order chi connectivity index (χ0) is 19.9. The first-order valence-corrected chi connectivity index (χ1v) is 9.48. The monoisotopic (exact) mass is 520 g/mol. The molecule has 10 heteroatoms. The highest BCUT2D eigenvalue weighted by Gasteiger charge is 2.22. The first kappa shape index (κ1) is 23.5. The summed E-state index contributed by atoms with van der Waals surface area (Å²) in [7, 11) is 1.63. The molecule has 0 bridgehead atoms. The van der Waals surface area contributed by atoms with E-state index in [1.165, 1.54) is 12.1 Å². The summed E-state index contributed by atoms with van der Waals surface area (Å²) in [5, 5.41) is 11.1. The smallest absolute Gasteiger partial charge is 0.191 e. The Morgan fingerprint density at radius 3 is 2.76 bits per heavy atom. The highest BCUT2D eigenvalue weighted by atomic mass is 127. The van der Waals surface area contributed by atoms with Crippen molar-refractivity contribution < 1.29 is 13.5 Å². The van der Waals surface area contributed by atoms with E-state index in [4.69, 9.17) is 4.74 Å². The Morgan fingerprint density at radius 1 is 1.31 bits per heavy atom. The molecule has 0 amide bonds. The molecule has 2 N–H and O–H groups in total. The SMILES string of the molecule is CCNC(=NCCc1cc(F)cc(F)c1)NC1CCc2nc(COC)nn2C1.I. The number of halogens is 3. The van der Waals surface area contributed by atoms with Gasteiger partial charge in [-0.25, -0.2) is 18.4 Å². The predicted octanol–water partition coefficient (Wildman–Crippen LogP) is 2.43. The van der Waals surface area contributed by atoms with Gasteiger partial charge in [0.15, 0.2) is 11.8 Å². The quantitative estimate of drug-likeness (QED) is 0.334. The Morgan fingerprint density at radius 2 is 2.07 bits per heavy atom. The van der Waals surface area contributed by atoms with E-state index in [0.717, 1.165) is 31.3 Å². The van der Waals surface area contributed by atoms with E-state index in [2.05, 4.69) is 25.7 Å². The highest BCUT2D eigenvalue weighted by molar-refractivity contribution is 14.0. The minimum absolute atomic E-state index is 0. The maximum Gasteiger partial charge on any atom is 0.191 e. The highest BCUT2D eigenvalue weighted by Crippen LogP contribution is 2.13. The molecule has 1 aliphatic rings. The molecule has 1 aromatic heterocycles. The van der Waals surface area contributed by atoms with Crippen molar-refractivity contribution in [1.29, 1.82) is 0 Å². The number of nitrogens with zero attached hydrogens (tertiary/aromatic N) is 4. The molecule has 0 radical (unpaired) electrons. The molecule has 0 spiro atoms. The normalized spacial score (nSPS) is 16.1. The summed E-state index contributed by atoms with van der Waals surface area (Å²) in [5.74, 6) is 1.22. The van der Waals surface area contributed by atoms with Crippen LogP contribution < -0.4 is 10.6 Å². The Bertz CT molecular complexity index is 809. The maximum atomic E-state index is 13.3. The van der Waals surface area contributed by atoms with Crippen LogP contribution >= 0.6 is 24.0 Å². The van der Waals surface area contributed by atoms with Crippen LogP contribution in [0.5, 0.6) is 0 Å². The van der Waals surface area contributed by atoms with Crippen LogP contribution in [0.15, 0.2) is 23.2 Å². The zero-order valence-electron chi connectivity index (χ0n) is 16.6. The van der Waals surface area contributed by atoms with E-state index < -0.39 is 11.6 Å². The summed E-state index contributed by atoms with van der Waals surface area (Å²) >= 11 is 0. The van der Waals surface area contributed by atoms with Gasteiger partial charge in [0.25, 0.3) is 0 Å². The third-order valence-corrected chi connectivity index (χ3v) is 4.45. The first-order valence-electron chi connectivity index (χ1n) is 9.48. The van der Waals surface area contributed by atoms with Gasteiger partial charge in [0.1, 0.15) is 24.1 Å². The number of ether oxygens (including phenoxy) is 1. The fourth-order valence-electron chi connectivity index (χ4n) is 3.23. The van der Waals surface area contributed by atoms with Crippen LogP contribution in [-0.2, 0) is 30.7 Å². The van der Waals surface area contributed by atoms with Crippen LogP contribution in [0.1, 0.15) is 30.6 Å². The van der Waals surface area contributed by atoms with Crippen molar-refractivity contribution in [1.82, 2.24) is 25.4 Å². The molecular weight excluding hydrogens is 493 g/mol. The van der Waals surface area contributed by atoms with E-state index in [1.54, 1.807) is 7.11 Å². The molecule has 0 aliphatic carbocycles. The van der Waals surface area contributed by atoms with Gasteiger partial charge in [-0.05, 0) is 37.5 Å². The number of hydrogen-bond acceptors (Lipinski definition) is 4. The van der Waals surface area contributed by atoms with Crippen LogP contribution in [0.25, 0.3) is 0 Å². The summed E-state index contributed by atoms with van der Waals surface area (Å²) in [6.07, 6.45) is 2.21. The van der Waals surface area contributed by atoms with Gasteiger partial charge in [-0.15, -0.1) is 24.0 Å². The molecule has 7 nitrogen and oxygen atoms in total. The Labute approximate surface area is 186 Å². The van der Waals surface area contributed by atoms with Crippen molar-refractivity contribution in [2.45, 2.75) is 45.4 Å². The average Bonchev–Trinajstić information content (AvgIpc) is 3.03. The van der Waals surface area contributed by atoms with Crippen molar-refractivity contribution in [3.8, 4) is 0 Å². The molecule has 1 atom stereocenters. The number of methoxy groups -OCH3 is 1. The summed E-state index contributed by atoms with van der Waals surface area (Å²) in [5.41, 5.74) is 0.590. The van der Waals surface area contributed by atoms with Gasteiger partial charge in [0.05, 0.1) is 6.54 Å². The largest absolute Gasteiger partial charge is 0.377 e. The van der Waals surface area contributed by atoms with Gasteiger partial charge in [0, 0.05) is 38.7 Å². The third-order valence-electron chi connectivity index (χ3n) is 4.45. The number of benzene rings is 1. The molecule has 0 saturated carbocycles. The van der Waals surface area contributed by atoms with Crippen LogP contribution in [0.4, 0.5) is 8.78 Å². The van der Waals surface area contributed by atoms with E-state index in [1.807, 2.05) is 11.6 Å². The van der Waals surface area contributed by atoms with Crippen molar-refractivity contribution in [2.75, 3.05) is 20.2 Å². The molecular formula is C19H27F2IN6O. The average molecular weight is 520 g/mol. The van der Waals surface area contributed by atoms with Crippen molar-refractivity contribution in [2.24, 2.45) is 4.99 Å². The second-order valence-corrected chi connectivity index (χ2v) is 6.73. The summed E-state index contributed by atoms with van der Waals surface area (Å²) in [6, 6.07) is 3.72. The lowest BCUT2D eigenvalue weighted by atomic mass is 10.1. The fraction of sp³-hybridized carbons (Fsp3) is 0.526. The Hall–Kier alpha value is -1.82. The van der Waals surface area contributed by atoms with Crippen LogP contribution in [0.2, 0.25) is 0 Å². The minimum atomic E-state index is -0.567. The molecule has 2 heterocycles. The fourth-order valence-corrected chi connectivity index (χ4v) is 3.23. The van der Waals surface area contributed by atoms with Gasteiger partial charge in [-0.2, -0.15) is 5.10 Å². The van der Waals surface area contributed by atoms with Gasteiger partial charge in [0.2, 0.25) is 0 Å². The number of aromatic nitrogens is 3. The summed E-state index contributed by atoms with van der Waals surface area (Å²) < 4.78 is 33.6. The second kappa shape index (κ2) is 11.4. The molecule has 0 fully saturated rings. The number of nitrogens with one attached hydrogen (secondary N) is 2. The second-order valence-electron chi connectivity index (χ2n) is 6.73. The van der Waals surface area contributed by atoms with Crippen LogP contribution in [0.3, 0.4) is 0 Å². The molecule has 1 unspecified atom stereocenters. The number of fused-ring (bicyclic) bond motifs is 1. The van der Waals surface area contributed by atoms with E-state index >= 15 is 0 Å². The zero-order valence-corrected chi connectivity index (χ0v) is 19.0. The minimum Gasteiger partial charge on any atom is -0.377 e. The topological polar surface area (TPSA) is 76.4 Å².